The lowest BCUT2D eigenvalue weighted by Crippen LogP contribution is -2.23. The number of aromatic nitrogens is 2. The van der Waals surface area contributed by atoms with E-state index >= 15 is 0 Å². The molecular formula is C19H20N4O2. The molecule has 2 heterocycles. The van der Waals surface area contributed by atoms with Crippen molar-refractivity contribution in [2.75, 3.05) is 5.32 Å². The van der Waals surface area contributed by atoms with E-state index in [0.717, 1.165) is 16.8 Å². The minimum Gasteiger partial charge on any atom is -0.467 e. The Balaban J connectivity index is 1.67. The van der Waals surface area contributed by atoms with Crippen LogP contribution in [0.1, 0.15) is 32.9 Å². The second-order valence-corrected chi connectivity index (χ2v) is 5.95. The Bertz CT molecular complexity index is 848. The van der Waals surface area contributed by atoms with Gasteiger partial charge in [-0.05, 0) is 44.0 Å². The van der Waals surface area contributed by atoms with Crippen molar-refractivity contribution in [1.82, 2.24) is 15.3 Å². The first-order valence-corrected chi connectivity index (χ1v) is 8.00. The molecule has 1 aromatic carbocycles. The van der Waals surface area contributed by atoms with Gasteiger partial charge in [-0.1, -0.05) is 17.7 Å². The molecule has 6 nitrogen and oxygen atoms in total. The Morgan fingerprint density at radius 1 is 1.12 bits per heavy atom. The van der Waals surface area contributed by atoms with Gasteiger partial charge in [-0.2, -0.15) is 0 Å². The topological polar surface area (TPSA) is 80.0 Å². The average Bonchev–Trinajstić information content (AvgIpc) is 3.10. The highest BCUT2D eigenvalue weighted by Gasteiger charge is 2.10. The molecule has 0 aliphatic carbocycles. The summed E-state index contributed by atoms with van der Waals surface area (Å²) >= 11 is 0. The number of aryl methyl sites for hydroxylation is 3. The summed E-state index contributed by atoms with van der Waals surface area (Å²) in [6.07, 6.45) is 4.58. The number of anilines is 2. The first-order chi connectivity index (χ1) is 12.0. The van der Waals surface area contributed by atoms with Crippen LogP contribution in [0.5, 0.6) is 0 Å². The van der Waals surface area contributed by atoms with Crippen LogP contribution in [0.4, 0.5) is 11.5 Å². The average molecular weight is 336 g/mol. The molecule has 0 aliphatic rings. The third kappa shape index (κ3) is 4.03. The van der Waals surface area contributed by atoms with E-state index in [0.29, 0.717) is 18.1 Å². The molecule has 2 N–H and O–H groups in total. The number of nitrogens with one attached hydrogen (secondary N) is 2. The second-order valence-electron chi connectivity index (χ2n) is 5.95. The lowest BCUT2D eigenvalue weighted by molar-refractivity contribution is 0.0942. The molecule has 0 fully saturated rings. The zero-order valence-corrected chi connectivity index (χ0v) is 14.5. The predicted molar refractivity (Wildman–Crippen MR) is 95.8 cm³/mol. The number of carbonyl (C=O) groups excluding carboxylic acids is 1. The third-order valence-corrected chi connectivity index (χ3v) is 3.82. The van der Waals surface area contributed by atoms with E-state index in [2.05, 4.69) is 39.7 Å². The van der Waals surface area contributed by atoms with Crippen molar-refractivity contribution in [2.45, 2.75) is 27.3 Å². The Labute approximate surface area is 146 Å². The van der Waals surface area contributed by atoms with Crippen molar-refractivity contribution >= 4 is 17.4 Å². The Kier molecular flexibility index (Phi) is 4.79. The summed E-state index contributed by atoms with van der Waals surface area (Å²) in [6, 6.07) is 7.79. The van der Waals surface area contributed by atoms with E-state index in [9.17, 15) is 4.79 Å². The molecule has 0 saturated carbocycles. The molecule has 0 atom stereocenters. The highest BCUT2D eigenvalue weighted by molar-refractivity contribution is 5.92. The van der Waals surface area contributed by atoms with E-state index in [-0.39, 0.29) is 11.6 Å². The summed E-state index contributed by atoms with van der Waals surface area (Å²) in [5.74, 6) is 0.987. The molecule has 25 heavy (non-hydrogen) atoms. The molecule has 0 aliphatic heterocycles. The lowest BCUT2D eigenvalue weighted by atomic mass is 10.1. The third-order valence-electron chi connectivity index (χ3n) is 3.82. The second kappa shape index (κ2) is 7.17. The molecule has 1 amide bonds. The van der Waals surface area contributed by atoms with Crippen molar-refractivity contribution in [1.29, 1.82) is 0 Å². The maximum absolute atomic E-state index is 12.1. The first kappa shape index (κ1) is 16.7. The number of rotatable bonds is 5. The van der Waals surface area contributed by atoms with Gasteiger partial charge in [0.25, 0.3) is 5.91 Å². The van der Waals surface area contributed by atoms with Gasteiger partial charge in [0.05, 0.1) is 25.2 Å². The molecule has 2 aromatic heterocycles. The van der Waals surface area contributed by atoms with Gasteiger partial charge >= 0.3 is 0 Å². The zero-order valence-electron chi connectivity index (χ0n) is 14.5. The van der Waals surface area contributed by atoms with Gasteiger partial charge in [0, 0.05) is 5.69 Å². The molecule has 0 saturated heterocycles. The van der Waals surface area contributed by atoms with E-state index in [1.54, 1.807) is 24.6 Å². The van der Waals surface area contributed by atoms with Crippen molar-refractivity contribution in [3.05, 3.63) is 71.1 Å². The van der Waals surface area contributed by atoms with Crippen LogP contribution in [-0.4, -0.2) is 15.9 Å². The van der Waals surface area contributed by atoms with Crippen LogP contribution < -0.4 is 10.6 Å². The number of nitrogens with zero attached hydrogens (tertiary/aromatic N) is 2. The minimum absolute atomic E-state index is 0.259. The normalized spacial score (nSPS) is 10.5. The fourth-order valence-corrected chi connectivity index (χ4v) is 2.69. The minimum atomic E-state index is -0.293. The SMILES string of the molecule is Cc1cc(C)c(Nc2cnc(C(=O)NCc3ccco3)cn2)c(C)c1. The Morgan fingerprint density at radius 3 is 2.48 bits per heavy atom. The van der Waals surface area contributed by atoms with Crippen LogP contribution in [0.3, 0.4) is 0 Å². The molecule has 6 heteroatoms. The molecule has 128 valence electrons. The Morgan fingerprint density at radius 2 is 1.88 bits per heavy atom. The summed E-state index contributed by atoms with van der Waals surface area (Å²) in [5, 5.41) is 6.01. The van der Waals surface area contributed by atoms with Crippen LogP contribution in [0.15, 0.2) is 47.3 Å². The van der Waals surface area contributed by atoms with Crippen LogP contribution in [0, 0.1) is 20.8 Å². The monoisotopic (exact) mass is 336 g/mol. The van der Waals surface area contributed by atoms with Crippen LogP contribution in [0.2, 0.25) is 0 Å². The summed E-state index contributed by atoms with van der Waals surface area (Å²) in [7, 11) is 0. The van der Waals surface area contributed by atoms with Crippen molar-refractivity contribution in [3.8, 4) is 0 Å². The smallest absolute Gasteiger partial charge is 0.271 e. The number of hydrogen-bond donors (Lipinski definition) is 2. The fraction of sp³-hybridized carbons (Fsp3) is 0.211. The molecule has 0 spiro atoms. The van der Waals surface area contributed by atoms with E-state index in [1.807, 2.05) is 13.8 Å². The van der Waals surface area contributed by atoms with Crippen LogP contribution in [0.25, 0.3) is 0 Å². The number of benzene rings is 1. The van der Waals surface area contributed by atoms with Crippen LogP contribution in [-0.2, 0) is 6.54 Å². The van der Waals surface area contributed by atoms with Gasteiger partial charge in [-0.3, -0.25) is 4.79 Å². The first-order valence-electron chi connectivity index (χ1n) is 8.00. The van der Waals surface area contributed by atoms with Crippen molar-refractivity contribution < 1.29 is 9.21 Å². The maximum atomic E-state index is 12.1. The molecule has 0 bridgehead atoms. The van der Waals surface area contributed by atoms with E-state index in [4.69, 9.17) is 4.42 Å². The zero-order chi connectivity index (χ0) is 17.8. The van der Waals surface area contributed by atoms with Gasteiger partial charge in [0.1, 0.15) is 17.3 Å². The van der Waals surface area contributed by atoms with Gasteiger partial charge in [-0.25, -0.2) is 9.97 Å². The van der Waals surface area contributed by atoms with Crippen molar-refractivity contribution in [3.63, 3.8) is 0 Å². The summed E-state index contributed by atoms with van der Waals surface area (Å²) in [4.78, 5) is 20.6. The number of carbonyl (C=O) groups is 1. The van der Waals surface area contributed by atoms with Gasteiger partial charge in [0.15, 0.2) is 0 Å². The fourth-order valence-electron chi connectivity index (χ4n) is 2.69. The summed E-state index contributed by atoms with van der Waals surface area (Å²) in [5.41, 5.74) is 4.76. The summed E-state index contributed by atoms with van der Waals surface area (Å²) in [6.45, 7) is 6.48. The Hall–Kier alpha value is -3.15. The van der Waals surface area contributed by atoms with Crippen LogP contribution >= 0.6 is 0 Å². The van der Waals surface area contributed by atoms with Crippen molar-refractivity contribution in [2.24, 2.45) is 0 Å². The number of amides is 1. The lowest BCUT2D eigenvalue weighted by Gasteiger charge is -2.13. The standard InChI is InChI=1S/C19H20N4O2/c1-12-7-13(2)18(14(3)8-12)23-17-11-20-16(10-21-17)19(24)22-9-15-5-4-6-25-15/h4-8,10-11H,9H2,1-3H3,(H,21,23)(H,22,24). The molecule has 0 radical (unpaired) electrons. The van der Waals surface area contributed by atoms with Gasteiger partial charge in [0.2, 0.25) is 0 Å². The maximum Gasteiger partial charge on any atom is 0.271 e. The highest BCUT2D eigenvalue weighted by atomic mass is 16.3. The predicted octanol–water partition coefficient (Wildman–Crippen LogP) is 3.67. The van der Waals surface area contributed by atoms with Gasteiger partial charge < -0.3 is 15.1 Å². The largest absolute Gasteiger partial charge is 0.467 e. The van der Waals surface area contributed by atoms with E-state index < -0.39 is 0 Å². The molecule has 0 unspecified atom stereocenters. The van der Waals surface area contributed by atoms with E-state index in [1.165, 1.54) is 11.8 Å². The number of furan rings is 1. The molecular weight excluding hydrogens is 316 g/mol. The summed E-state index contributed by atoms with van der Waals surface area (Å²) < 4.78 is 5.18. The quantitative estimate of drug-likeness (QED) is 0.743. The molecule has 3 aromatic rings. The highest BCUT2D eigenvalue weighted by Crippen LogP contribution is 2.24. The molecule has 3 rings (SSSR count). The number of hydrogen-bond acceptors (Lipinski definition) is 5. The van der Waals surface area contributed by atoms with Gasteiger partial charge in [-0.15, -0.1) is 0 Å².